The van der Waals surface area contributed by atoms with Gasteiger partial charge in [0, 0.05) is 11.4 Å². The van der Waals surface area contributed by atoms with E-state index in [0.717, 1.165) is 5.56 Å². The second kappa shape index (κ2) is 4.97. The summed E-state index contributed by atoms with van der Waals surface area (Å²) >= 11 is 3.22. The number of halogens is 2. The number of ether oxygens (including phenoxy) is 1. The highest BCUT2D eigenvalue weighted by molar-refractivity contribution is 9.08. The van der Waals surface area contributed by atoms with Gasteiger partial charge in [-0.15, -0.1) is 0 Å². The number of nitriles is 1. The van der Waals surface area contributed by atoms with Crippen LogP contribution >= 0.6 is 15.9 Å². The van der Waals surface area contributed by atoms with Crippen LogP contribution in [0.3, 0.4) is 0 Å². The van der Waals surface area contributed by atoms with E-state index in [1.165, 1.54) is 12.1 Å². The Bertz CT molecular complexity index is 362. The fourth-order valence-corrected chi connectivity index (χ4v) is 1.32. The molecule has 1 rings (SSSR count). The predicted octanol–water partition coefficient (Wildman–Crippen LogP) is 3.01. The molecule has 0 N–H and O–H groups in total. The molecule has 2 nitrogen and oxygen atoms in total. The highest BCUT2D eigenvalue weighted by atomic mass is 79.9. The maximum absolute atomic E-state index is 13.0. The van der Waals surface area contributed by atoms with Crippen molar-refractivity contribution in [2.45, 2.75) is 18.4 Å². The Kier molecular flexibility index (Phi) is 3.90. The van der Waals surface area contributed by atoms with Gasteiger partial charge in [0.2, 0.25) is 0 Å². The lowest BCUT2D eigenvalue weighted by molar-refractivity contribution is 0.275. The molecule has 0 bridgehead atoms. The van der Waals surface area contributed by atoms with Crippen molar-refractivity contribution in [2.24, 2.45) is 0 Å². The molecule has 4 heteroatoms. The Morgan fingerprint density at radius 1 is 1.57 bits per heavy atom. The number of alkyl halides is 1. The summed E-state index contributed by atoms with van der Waals surface area (Å²) in [4.78, 5) is 0. The Morgan fingerprint density at radius 2 is 2.29 bits per heavy atom. The summed E-state index contributed by atoms with van der Waals surface area (Å²) < 4.78 is 18.2. The summed E-state index contributed by atoms with van der Waals surface area (Å²) in [5, 5.41) is 9.07. The molecular weight excluding hydrogens is 249 g/mol. The molecule has 0 aliphatic heterocycles. The SMILES string of the molecule is CC(C#N)Oc1cc(F)cc(CBr)c1. The number of rotatable bonds is 3. The summed E-state index contributed by atoms with van der Waals surface area (Å²) in [5.41, 5.74) is 0.783. The molecule has 0 saturated heterocycles. The number of nitrogens with zero attached hydrogens (tertiary/aromatic N) is 1. The zero-order valence-electron chi connectivity index (χ0n) is 7.63. The summed E-state index contributed by atoms with van der Waals surface area (Å²) in [6.45, 7) is 1.61. The third kappa shape index (κ3) is 3.00. The fourth-order valence-electron chi connectivity index (χ4n) is 0.996. The highest BCUT2D eigenvalue weighted by Gasteiger charge is 2.04. The van der Waals surface area contributed by atoms with E-state index in [4.69, 9.17) is 10.00 Å². The molecule has 1 unspecified atom stereocenters. The molecule has 1 aromatic rings. The van der Waals surface area contributed by atoms with Crippen LogP contribution in [0.2, 0.25) is 0 Å². The molecule has 74 valence electrons. The van der Waals surface area contributed by atoms with E-state index in [1.807, 2.05) is 6.07 Å². The Hall–Kier alpha value is -1.08. The molecule has 0 amide bonds. The van der Waals surface area contributed by atoms with Crippen molar-refractivity contribution in [3.63, 3.8) is 0 Å². The van der Waals surface area contributed by atoms with Crippen molar-refractivity contribution in [3.8, 4) is 11.8 Å². The number of hydrogen-bond donors (Lipinski definition) is 0. The fraction of sp³-hybridized carbons (Fsp3) is 0.300. The van der Waals surface area contributed by atoms with Gasteiger partial charge in [-0.05, 0) is 24.6 Å². The first kappa shape index (κ1) is 11.0. The molecule has 0 aliphatic carbocycles. The maximum Gasteiger partial charge on any atom is 0.181 e. The van der Waals surface area contributed by atoms with Gasteiger partial charge in [-0.3, -0.25) is 0 Å². The minimum atomic E-state index is -0.569. The number of benzene rings is 1. The standard InChI is InChI=1S/C10H9BrFNO/c1-7(6-13)14-10-3-8(5-11)2-9(12)4-10/h2-4,7H,5H2,1H3. The lowest BCUT2D eigenvalue weighted by Crippen LogP contribution is -2.08. The van der Waals surface area contributed by atoms with Crippen molar-refractivity contribution in [1.29, 1.82) is 5.26 Å². The van der Waals surface area contributed by atoms with E-state index >= 15 is 0 Å². The molecule has 1 aromatic carbocycles. The molecule has 0 spiro atoms. The second-order valence-corrected chi connectivity index (χ2v) is 3.38. The molecule has 0 saturated carbocycles. The molecule has 0 fully saturated rings. The summed E-state index contributed by atoms with van der Waals surface area (Å²) in [5.74, 6) is 0.0237. The summed E-state index contributed by atoms with van der Waals surface area (Å²) in [7, 11) is 0. The largest absolute Gasteiger partial charge is 0.476 e. The monoisotopic (exact) mass is 257 g/mol. The van der Waals surface area contributed by atoms with Crippen molar-refractivity contribution in [2.75, 3.05) is 0 Å². The molecule has 1 atom stereocenters. The zero-order valence-corrected chi connectivity index (χ0v) is 9.21. The molecule has 0 aromatic heterocycles. The number of hydrogen-bond acceptors (Lipinski definition) is 2. The molecule has 0 heterocycles. The van der Waals surface area contributed by atoms with E-state index in [2.05, 4.69) is 15.9 Å². The third-order valence-electron chi connectivity index (χ3n) is 1.58. The quantitative estimate of drug-likeness (QED) is 0.781. The van der Waals surface area contributed by atoms with E-state index in [0.29, 0.717) is 11.1 Å². The topological polar surface area (TPSA) is 33.0 Å². The third-order valence-corrected chi connectivity index (χ3v) is 2.23. The maximum atomic E-state index is 13.0. The van der Waals surface area contributed by atoms with E-state index < -0.39 is 6.10 Å². The van der Waals surface area contributed by atoms with E-state index in [-0.39, 0.29) is 5.82 Å². The first-order valence-corrected chi connectivity index (χ1v) is 5.19. The van der Waals surface area contributed by atoms with Crippen LogP contribution in [0.4, 0.5) is 4.39 Å². The predicted molar refractivity (Wildman–Crippen MR) is 54.7 cm³/mol. The van der Waals surface area contributed by atoms with Crippen LogP contribution in [0.15, 0.2) is 18.2 Å². The van der Waals surface area contributed by atoms with Crippen LogP contribution in [0.1, 0.15) is 12.5 Å². The Balaban J connectivity index is 2.87. The van der Waals surface area contributed by atoms with Crippen LogP contribution in [-0.2, 0) is 5.33 Å². The average molecular weight is 258 g/mol. The van der Waals surface area contributed by atoms with Crippen molar-refractivity contribution in [3.05, 3.63) is 29.6 Å². The first-order valence-electron chi connectivity index (χ1n) is 4.07. The zero-order chi connectivity index (χ0) is 10.6. The summed E-state index contributed by atoms with van der Waals surface area (Å²) in [6.07, 6.45) is -0.569. The molecule has 14 heavy (non-hydrogen) atoms. The van der Waals surface area contributed by atoms with Crippen molar-refractivity contribution >= 4 is 15.9 Å². The van der Waals surface area contributed by atoms with Gasteiger partial charge >= 0.3 is 0 Å². The van der Waals surface area contributed by atoms with E-state index in [9.17, 15) is 4.39 Å². The van der Waals surface area contributed by atoms with Gasteiger partial charge < -0.3 is 4.74 Å². The smallest absolute Gasteiger partial charge is 0.181 e. The van der Waals surface area contributed by atoms with Gasteiger partial charge in [0.05, 0.1) is 0 Å². The van der Waals surface area contributed by atoms with Gasteiger partial charge in [0.25, 0.3) is 0 Å². The summed E-state index contributed by atoms with van der Waals surface area (Å²) in [6, 6.07) is 6.29. The van der Waals surface area contributed by atoms with Crippen LogP contribution in [0.25, 0.3) is 0 Å². The van der Waals surface area contributed by atoms with Crippen LogP contribution in [0, 0.1) is 17.1 Å². The van der Waals surface area contributed by atoms with Crippen molar-refractivity contribution < 1.29 is 9.13 Å². The molecule has 0 aliphatic rings. The van der Waals surface area contributed by atoms with Gasteiger partial charge in [-0.1, -0.05) is 15.9 Å². The van der Waals surface area contributed by atoms with Crippen LogP contribution < -0.4 is 4.74 Å². The highest BCUT2D eigenvalue weighted by Crippen LogP contribution is 2.19. The minimum Gasteiger partial charge on any atom is -0.476 e. The molecule has 0 radical (unpaired) electrons. The van der Waals surface area contributed by atoms with Gasteiger partial charge in [-0.25, -0.2) is 4.39 Å². The normalized spacial score (nSPS) is 11.9. The van der Waals surface area contributed by atoms with Gasteiger partial charge in [-0.2, -0.15) is 5.26 Å². The van der Waals surface area contributed by atoms with E-state index in [1.54, 1.807) is 13.0 Å². The minimum absolute atomic E-state index is 0.359. The van der Waals surface area contributed by atoms with Gasteiger partial charge in [0.1, 0.15) is 17.6 Å². The Morgan fingerprint density at radius 3 is 2.86 bits per heavy atom. The average Bonchev–Trinajstić information content (AvgIpc) is 2.16. The first-order chi connectivity index (χ1) is 6.65. The van der Waals surface area contributed by atoms with Crippen molar-refractivity contribution in [1.82, 2.24) is 0 Å². The lowest BCUT2D eigenvalue weighted by Gasteiger charge is -2.08. The second-order valence-electron chi connectivity index (χ2n) is 2.82. The van der Waals surface area contributed by atoms with Gasteiger partial charge in [0.15, 0.2) is 6.10 Å². The van der Waals surface area contributed by atoms with Crippen LogP contribution in [0.5, 0.6) is 5.75 Å². The Labute approximate surface area is 90.4 Å². The lowest BCUT2D eigenvalue weighted by atomic mass is 10.2. The van der Waals surface area contributed by atoms with Crippen LogP contribution in [-0.4, -0.2) is 6.10 Å². The molecular formula is C10H9BrFNO.